The summed E-state index contributed by atoms with van der Waals surface area (Å²) in [5.74, 6) is 1.32. The SMILES string of the molecule is O=[C-]N1CC2CCC2C1c1ccccn1.[Fm]. The van der Waals surface area contributed by atoms with Crippen molar-refractivity contribution in [3.05, 3.63) is 30.1 Å². The molecule has 0 radical (unpaired) electrons. The number of fused-ring (bicyclic) bond motifs is 1. The summed E-state index contributed by atoms with van der Waals surface area (Å²) in [5, 5.41) is 0. The largest absolute Gasteiger partial charge is 0.520 e. The van der Waals surface area contributed by atoms with E-state index in [1.807, 2.05) is 18.2 Å². The van der Waals surface area contributed by atoms with E-state index in [4.69, 9.17) is 0 Å². The summed E-state index contributed by atoms with van der Waals surface area (Å²) in [7, 11) is 0. The molecule has 1 amide bonds. The molecular formula is C12H13FmN2O-. The van der Waals surface area contributed by atoms with Crippen molar-refractivity contribution in [2.24, 2.45) is 11.8 Å². The smallest absolute Gasteiger partial charge is 0.0605 e. The van der Waals surface area contributed by atoms with Crippen LogP contribution in [0.4, 0.5) is 0 Å². The van der Waals surface area contributed by atoms with Gasteiger partial charge in [0.1, 0.15) is 0 Å². The molecule has 3 rings (SSSR count). The Bertz CT molecular complexity index is 371. The molecule has 2 heterocycles. The third-order valence-electron chi connectivity index (χ3n) is 3.76. The Morgan fingerprint density at radius 1 is 1.38 bits per heavy atom. The van der Waals surface area contributed by atoms with Gasteiger partial charge in [0.05, 0.1) is 5.69 Å². The van der Waals surface area contributed by atoms with Crippen molar-refractivity contribution >= 4 is 6.41 Å². The predicted molar refractivity (Wildman–Crippen MR) is 55.6 cm³/mol. The van der Waals surface area contributed by atoms with Gasteiger partial charge in [-0.2, -0.15) is 6.41 Å². The summed E-state index contributed by atoms with van der Waals surface area (Å²) in [6, 6.07) is 6.08. The summed E-state index contributed by atoms with van der Waals surface area (Å²) in [6.07, 6.45) is 6.33. The van der Waals surface area contributed by atoms with Gasteiger partial charge in [-0.05, 0) is 43.4 Å². The van der Waals surface area contributed by atoms with E-state index in [2.05, 4.69) is 11.4 Å². The van der Waals surface area contributed by atoms with Gasteiger partial charge in [-0.1, -0.05) is 6.07 Å². The monoisotopic (exact) mass is 458 g/mol. The van der Waals surface area contributed by atoms with Crippen molar-refractivity contribution in [2.45, 2.75) is 18.9 Å². The summed E-state index contributed by atoms with van der Waals surface area (Å²) in [5.41, 5.74) is 1.02. The molecule has 3 unspecified atom stereocenters. The van der Waals surface area contributed by atoms with E-state index in [9.17, 15) is 4.79 Å². The fourth-order valence-electron chi connectivity index (χ4n) is 2.86. The molecule has 1 saturated heterocycles. The van der Waals surface area contributed by atoms with Gasteiger partial charge in [0.2, 0.25) is 0 Å². The Kier molecular flexibility index (Phi) is 2.31. The van der Waals surface area contributed by atoms with Crippen LogP contribution in [-0.4, -0.2) is 22.8 Å². The number of rotatable bonds is 2. The minimum Gasteiger partial charge on any atom is -0.520 e. The molecule has 1 saturated carbocycles. The van der Waals surface area contributed by atoms with Gasteiger partial charge in [-0.25, -0.2) is 0 Å². The molecular weight excluding hydrogens is 445 g/mol. The average Bonchev–Trinajstić information content (AvgIpc) is 2.52. The van der Waals surface area contributed by atoms with Gasteiger partial charge in [0.15, 0.2) is 0 Å². The first kappa shape index (κ1) is 10.1. The van der Waals surface area contributed by atoms with Crippen LogP contribution < -0.4 is 0 Å². The van der Waals surface area contributed by atoms with Crippen LogP contribution in [0.3, 0.4) is 0 Å². The molecule has 3 nitrogen and oxygen atoms in total. The maximum Gasteiger partial charge on any atom is 0.0605 e. The Balaban J connectivity index is 0.000000963. The van der Waals surface area contributed by atoms with E-state index in [1.54, 1.807) is 11.1 Å². The number of likely N-dealkylation sites (tertiary alicyclic amines) is 1. The molecule has 1 aromatic heterocycles. The molecule has 90 valence electrons. The van der Waals surface area contributed by atoms with Crippen LogP contribution in [0.2, 0.25) is 0 Å². The van der Waals surface area contributed by atoms with Crippen LogP contribution in [0.1, 0.15) is 24.6 Å². The van der Waals surface area contributed by atoms with E-state index in [-0.39, 0.29) is 6.04 Å². The van der Waals surface area contributed by atoms with Crippen molar-refractivity contribution in [3.8, 4) is 0 Å². The quantitative estimate of drug-likeness (QED) is 0.631. The number of amides is 1. The van der Waals surface area contributed by atoms with Crippen LogP contribution >= 0.6 is 0 Å². The summed E-state index contributed by atoms with van der Waals surface area (Å²) >= 11 is 0. The Morgan fingerprint density at radius 3 is 2.81 bits per heavy atom. The van der Waals surface area contributed by atoms with Gasteiger partial charge in [-0.3, -0.25) is 4.98 Å². The first-order valence-corrected chi connectivity index (χ1v) is 5.45. The molecule has 2 aliphatic rings. The zero-order chi connectivity index (χ0) is 10.3. The Morgan fingerprint density at radius 2 is 2.25 bits per heavy atom. The third-order valence-corrected chi connectivity index (χ3v) is 3.76. The molecule has 0 aromatic carbocycles. The van der Waals surface area contributed by atoms with Gasteiger partial charge in [0, 0.05) is 12.2 Å². The Hall–Kier alpha value is -2.38. The summed E-state index contributed by atoms with van der Waals surface area (Å²) in [6.45, 7) is 0.870. The molecule has 4 heteroatoms. The van der Waals surface area contributed by atoms with Crippen LogP contribution in [-0.2, 0) is 4.79 Å². The average molecular weight is 458 g/mol. The van der Waals surface area contributed by atoms with Crippen LogP contribution in [0.5, 0.6) is 0 Å². The summed E-state index contributed by atoms with van der Waals surface area (Å²) < 4.78 is 0. The van der Waals surface area contributed by atoms with Gasteiger partial charge in [-0.15, -0.1) is 0 Å². The molecule has 1 aliphatic heterocycles. The maximum absolute atomic E-state index is 10.9. The molecule has 1 aliphatic carbocycles. The van der Waals surface area contributed by atoms with E-state index in [0.717, 1.165) is 12.2 Å². The molecule has 2 fully saturated rings. The van der Waals surface area contributed by atoms with Crippen molar-refractivity contribution < 1.29 is 4.79 Å². The number of carbonyl (C=O) groups excluding carboxylic acids is 1. The van der Waals surface area contributed by atoms with E-state index in [1.165, 1.54) is 12.8 Å². The topological polar surface area (TPSA) is 33.2 Å². The van der Waals surface area contributed by atoms with Crippen LogP contribution in [0.25, 0.3) is 0 Å². The second-order valence-electron chi connectivity index (χ2n) is 4.44. The maximum atomic E-state index is 10.9. The number of hydrogen-bond donors (Lipinski definition) is 0. The molecule has 3 atom stereocenters. The number of aromatic nitrogens is 1. The minimum absolute atomic E-state index is 0. The summed E-state index contributed by atoms with van der Waals surface area (Å²) in [4.78, 5) is 17.0. The first-order valence-electron chi connectivity index (χ1n) is 5.45. The normalized spacial score (nSPS) is 31.2. The molecule has 0 N–H and O–H groups in total. The number of hydrogen-bond acceptors (Lipinski definition) is 2. The van der Waals surface area contributed by atoms with Crippen molar-refractivity contribution in [3.63, 3.8) is 0 Å². The van der Waals surface area contributed by atoms with Gasteiger partial charge < -0.3 is 9.69 Å². The Labute approximate surface area is 89.1 Å². The predicted octanol–water partition coefficient (Wildman–Crippen LogP) is 1.53. The first-order chi connectivity index (χ1) is 7.40. The van der Waals surface area contributed by atoms with Crippen LogP contribution in [0.15, 0.2) is 24.4 Å². The van der Waals surface area contributed by atoms with E-state index < -0.39 is 0 Å². The zero-order valence-corrected chi connectivity index (χ0v) is 11.2. The van der Waals surface area contributed by atoms with Crippen molar-refractivity contribution in [1.29, 1.82) is 0 Å². The second-order valence-corrected chi connectivity index (χ2v) is 4.44. The minimum atomic E-state index is 0. The molecule has 16 heavy (non-hydrogen) atoms. The van der Waals surface area contributed by atoms with E-state index >= 15 is 0 Å². The second kappa shape index (κ2) is 3.65. The third kappa shape index (κ3) is 1.23. The molecule has 0 spiro atoms. The number of pyridine rings is 1. The number of nitrogens with zero attached hydrogens (tertiary/aromatic N) is 2. The standard InChI is InChI=1S/C12H13N2O.Fm/c15-8-14-7-9-4-5-10(9)12(14)11-3-1-2-6-13-11;/h1-3,6,9-10,12H,4-5,7H2;/q-1;. The fourth-order valence-corrected chi connectivity index (χ4v) is 2.86. The zero-order valence-electron chi connectivity index (χ0n) is 8.75. The molecule has 0 bridgehead atoms. The molecule has 1 aromatic rings. The van der Waals surface area contributed by atoms with Crippen molar-refractivity contribution in [1.82, 2.24) is 9.88 Å². The van der Waals surface area contributed by atoms with Crippen molar-refractivity contribution in [2.75, 3.05) is 6.54 Å². The van der Waals surface area contributed by atoms with Gasteiger partial charge >= 0.3 is 0 Å². The van der Waals surface area contributed by atoms with Gasteiger partial charge in [0.25, 0.3) is 0 Å². The fraction of sp³-hybridized carbons (Fsp3) is 0.500. The van der Waals surface area contributed by atoms with E-state index in [0.29, 0.717) is 11.8 Å². The van der Waals surface area contributed by atoms with Crippen LogP contribution in [0, 0.1) is 11.8 Å².